The number of carbonyl (C=O) groups is 2. The second-order valence-corrected chi connectivity index (χ2v) is 8.45. The van der Waals surface area contributed by atoms with Crippen LogP contribution in [-0.2, 0) is 6.18 Å². The highest BCUT2D eigenvalue weighted by atomic mass is 19.4. The van der Waals surface area contributed by atoms with Crippen molar-refractivity contribution in [2.45, 2.75) is 25.4 Å². The van der Waals surface area contributed by atoms with Crippen LogP contribution in [0.15, 0.2) is 48.5 Å². The number of anilines is 1. The molecule has 0 bridgehead atoms. The number of rotatable bonds is 2. The average Bonchev–Trinajstić information content (AvgIpc) is 3.17. The fourth-order valence-corrected chi connectivity index (χ4v) is 4.45. The summed E-state index contributed by atoms with van der Waals surface area (Å²) in [6.07, 6.45) is -2.23. The molecule has 170 valence electrons. The molecule has 0 saturated carbocycles. The third-order valence-corrected chi connectivity index (χ3v) is 6.40. The zero-order chi connectivity index (χ0) is 22.9. The molecule has 2 fully saturated rings. The summed E-state index contributed by atoms with van der Waals surface area (Å²) in [7, 11) is 0. The Balaban J connectivity index is 1.31. The van der Waals surface area contributed by atoms with Crippen molar-refractivity contribution in [1.29, 1.82) is 0 Å². The van der Waals surface area contributed by atoms with Crippen LogP contribution in [0.5, 0.6) is 0 Å². The van der Waals surface area contributed by atoms with Crippen LogP contribution in [0.1, 0.15) is 35.2 Å². The largest absolute Gasteiger partial charge is 0.416 e. The van der Waals surface area contributed by atoms with E-state index in [9.17, 15) is 27.2 Å². The van der Waals surface area contributed by atoms with E-state index < -0.39 is 17.6 Å². The highest BCUT2D eigenvalue weighted by molar-refractivity contribution is 5.94. The SMILES string of the molecule is O=C(Nc1ccc(C(F)(F)F)cc1)N1CCC2(CC1)CCN(C(=O)c1ccccc1F)C2. The number of carbonyl (C=O) groups excluding carboxylic acids is 2. The van der Waals surface area contributed by atoms with Gasteiger partial charge < -0.3 is 15.1 Å². The first kappa shape index (κ1) is 22.1. The van der Waals surface area contributed by atoms with E-state index in [2.05, 4.69) is 5.32 Å². The Morgan fingerprint density at radius 3 is 2.06 bits per heavy atom. The van der Waals surface area contributed by atoms with Crippen molar-refractivity contribution < 1.29 is 27.2 Å². The van der Waals surface area contributed by atoms with Gasteiger partial charge in [-0.15, -0.1) is 0 Å². The third-order valence-electron chi connectivity index (χ3n) is 6.40. The van der Waals surface area contributed by atoms with Gasteiger partial charge in [0.05, 0.1) is 11.1 Å². The van der Waals surface area contributed by atoms with E-state index in [1.54, 1.807) is 21.9 Å². The third kappa shape index (κ3) is 4.56. The van der Waals surface area contributed by atoms with Gasteiger partial charge in [-0.25, -0.2) is 9.18 Å². The molecule has 2 heterocycles. The van der Waals surface area contributed by atoms with E-state index in [1.165, 1.54) is 24.3 Å². The van der Waals surface area contributed by atoms with E-state index in [-0.39, 0.29) is 22.9 Å². The number of hydrogen-bond acceptors (Lipinski definition) is 2. The van der Waals surface area contributed by atoms with Crippen LogP contribution in [0.3, 0.4) is 0 Å². The lowest BCUT2D eigenvalue weighted by Gasteiger charge is -2.39. The zero-order valence-electron chi connectivity index (χ0n) is 17.3. The van der Waals surface area contributed by atoms with Crippen LogP contribution in [0.4, 0.5) is 28.0 Å². The standard InChI is InChI=1S/C23H23F4N3O2/c24-19-4-2-1-3-18(19)20(31)30-14-11-22(15-30)9-12-29(13-10-22)21(32)28-17-7-5-16(6-8-17)23(25,26)27/h1-8H,9-15H2,(H,28,32). The van der Waals surface area contributed by atoms with Crippen LogP contribution >= 0.6 is 0 Å². The maximum absolute atomic E-state index is 14.0. The second kappa shape index (κ2) is 8.44. The molecular weight excluding hydrogens is 426 g/mol. The van der Waals surface area contributed by atoms with Crippen molar-refractivity contribution in [3.8, 4) is 0 Å². The summed E-state index contributed by atoms with van der Waals surface area (Å²) in [5.74, 6) is -0.851. The maximum Gasteiger partial charge on any atom is 0.416 e. The summed E-state index contributed by atoms with van der Waals surface area (Å²) < 4.78 is 52.0. The van der Waals surface area contributed by atoms with Crippen molar-refractivity contribution in [1.82, 2.24) is 9.80 Å². The minimum absolute atomic E-state index is 0.0675. The molecule has 4 rings (SSSR count). The molecular formula is C23H23F4N3O2. The highest BCUT2D eigenvalue weighted by Gasteiger charge is 2.43. The quantitative estimate of drug-likeness (QED) is 0.656. The van der Waals surface area contributed by atoms with Gasteiger partial charge in [0.2, 0.25) is 0 Å². The fraction of sp³-hybridized carbons (Fsp3) is 0.391. The molecule has 9 heteroatoms. The molecule has 1 spiro atoms. The van der Waals surface area contributed by atoms with E-state index in [4.69, 9.17) is 0 Å². The minimum Gasteiger partial charge on any atom is -0.338 e. The summed E-state index contributed by atoms with van der Waals surface area (Å²) in [6, 6.07) is 9.89. The summed E-state index contributed by atoms with van der Waals surface area (Å²) in [5.41, 5.74) is -0.513. The molecule has 0 atom stereocenters. The topological polar surface area (TPSA) is 52.7 Å². The van der Waals surface area contributed by atoms with Crippen LogP contribution in [-0.4, -0.2) is 47.9 Å². The van der Waals surface area contributed by atoms with Gasteiger partial charge in [-0.1, -0.05) is 12.1 Å². The van der Waals surface area contributed by atoms with E-state index in [1.807, 2.05) is 0 Å². The molecule has 3 amide bonds. The number of piperidine rings is 1. The number of halogens is 4. The number of nitrogens with zero attached hydrogens (tertiary/aromatic N) is 2. The Hall–Kier alpha value is -3.10. The molecule has 2 aliphatic rings. The number of urea groups is 1. The number of alkyl halides is 3. The van der Waals surface area contributed by atoms with Gasteiger partial charge in [-0.05, 0) is 61.1 Å². The minimum atomic E-state index is -4.42. The summed E-state index contributed by atoms with van der Waals surface area (Å²) in [4.78, 5) is 28.5. The first-order chi connectivity index (χ1) is 15.2. The maximum atomic E-state index is 14.0. The van der Waals surface area contributed by atoms with Crippen LogP contribution in [0, 0.1) is 11.2 Å². The number of nitrogens with one attached hydrogen (secondary N) is 1. The van der Waals surface area contributed by atoms with Crippen molar-refractivity contribution in [2.75, 3.05) is 31.5 Å². The van der Waals surface area contributed by atoms with Gasteiger partial charge in [0, 0.05) is 31.9 Å². The summed E-state index contributed by atoms with van der Waals surface area (Å²) in [6.45, 7) is 2.03. The molecule has 0 aliphatic carbocycles. The molecule has 2 aromatic carbocycles. The summed E-state index contributed by atoms with van der Waals surface area (Å²) >= 11 is 0. The number of likely N-dealkylation sites (tertiary alicyclic amines) is 2. The molecule has 2 saturated heterocycles. The van der Waals surface area contributed by atoms with Gasteiger partial charge >= 0.3 is 12.2 Å². The van der Waals surface area contributed by atoms with Crippen molar-refractivity contribution in [2.24, 2.45) is 5.41 Å². The van der Waals surface area contributed by atoms with Crippen LogP contribution in [0.2, 0.25) is 0 Å². The van der Waals surface area contributed by atoms with Crippen LogP contribution < -0.4 is 5.32 Å². The average molecular weight is 449 g/mol. The van der Waals surface area contributed by atoms with Crippen molar-refractivity contribution in [3.63, 3.8) is 0 Å². The molecule has 2 aliphatic heterocycles. The van der Waals surface area contributed by atoms with E-state index in [0.29, 0.717) is 44.7 Å². The lowest BCUT2D eigenvalue weighted by molar-refractivity contribution is -0.137. The Bertz CT molecular complexity index is 999. The smallest absolute Gasteiger partial charge is 0.338 e. The molecule has 1 N–H and O–H groups in total. The number of benzene rings is 2. The van der Waals surface area contributed by atoms with E-state index in [0.717, 1.165) is 18.6 Å². The molecule has 32 heavy (non-hydrogen) atoms. The lowest BCUT2D eigenvalue weighted by Crippen LogP contribution is -2.46. The normalized spacial score (nSPS) is 18.1. The lowest BCUT2D eigenvalue weighted by atomic mass is 9.78. The molecule has 0 aromatic heterocycles. The Kier molecular flexibility index (Phi) is 5.83. The summed E-state index contributed by atoms with van der Waals surface area (Å²) in [5, 5.41) is 2.64. The first-order valence-corrected chi connectivity index (χ1v) is 10.4. The predicted molar refractivity (Wildman–Crippen MR) is 111 cm³/mol. The van der Waals surface area contributed by atoms with Crippen molar-refractivity contribution >= 4 is 17.6 Å². The fourth-order valence-electron chi connectivity index (χ4n) is 4.45. The van der Waals surface area contributed by atoms with Gasteiger partial charge in [0.25, 0.3) is 5.91 Å². The van der Waals surface area contributed by atoms with E-state index >= 15 is 0 Å². The second-order valence-electron chi connectivity index (χ2n) is 8.45. The zero-order valence-corrected chi connectivity index (χ0v) is 17.3. The first-order valence-electron chi connectivity index (χ1n) is 10.4. The van der Waals surface area contributed by atoms with Gasteiger partial charge in [-0.3, -0.25) is 4.79 Å². The molecule has 0 unspecified atom stereocenters. The Morgan fingerprint density at radius 1 is 0.875 bits per heavy atom. The molecule has 5 nitrogen and oxygen atoms in total. The van der Waals surface area contributed by atoms with Gasteiger partial charge in [0.15, 0.2) is 0 Å². The predicted octanol–water partition coefficient (Wildman–Crippen LogP) is 5.00. The highest BCUT2D eigenvalue weighted by Crippen LogP contribution is 2.41. The molecule has 0 radical (unpaired) electrons. The van der Waals surface area contributed by atoms with Crippen LogP contribution in [0.25, 0.3) is 0 Å². The van der Waals surface area contributed by atoms with Crippen molar-refractivity contribution in [3.05, 3.63) is 65.5 Å². The Labute approximate surface area is 183 Å². The Morgan fingerprint density at radius 2 is 1.47 bits per heavy atom. The van der Waals surface area contributed by atoms with Gasteiger partial charge in [-0.2, -0.15) is 13.2 Å². The van der Waals surface area contributed by atoms with Gasteiger partial charge in [0.1, 0.15) is 5.82 Å². The number of hydrogen-bond donors (Lipinski definition) is 1. The number of amides is 3. The monoisotopic (exact) mass is 449 g/mol. The molecule has 2 aromatic rings.